The minimum Gasteiger partial charge on any atom is -0.426 e. The molecule has 1 atom stereocenters. The minimum absolute atomic E-state index is 0.0322. The van der Waals surface area contributed by atoms with Gasteiger partial charge in [-0.15, -0.1) is 0 Å². The Bertz CT molecular complexity index is 453. The highest BCUT2D eigenvalue weighted by atomic mass is 16.8. The molecule has 7 nitrogen and oxygen atoms in total. The van der Waals surface area contributed by atoms with Crippen LogP contribution in [0.1, 0.15) is 5.56 Å². The fourth-order valence-corrected chi connectivity index (χ4v) is 1.15. The Labute approximate surface area is 89.4 Å². The standard InChI is InChI=1S/C9H6N2O5/c12-5-8-15-9(10-16-8)6-1-3-7(4-2-6)11(13)14/h1-5,8H. The van der Waals surface area contributed by atoms with Crippen LogP contribution in [-0.4, -0.2) is 23.4 Å². The van der Waals surface area contributed by atoms with Crippen LogP contribution in [0.5, 0.6) is 0 Å². The summed E-state index contributed by atoms with van der Waals surface area (Å²) in [5.74, 6) is 0.131. The van der Waals surface area contributed by atoms with Gasteiger partial charge >= 0.3 is 6.29 Å². The van der Waals surface area contributed by atoms with E-state index >= 15 is 0 Å². The van der Waals surface area contributed by atoms with E-state index in [0.717, 1.165) is 0 Å². The lowest BCUT2D eigenvalue weighted by atomic mass is 10.2. The number of nitro benzene ring substituents is 1. The first-order chi connectivity index (χ1) is 7.70. The highest BCUT2D eigenvalue weighted by molar-refractivity contribution is 5.95. The first kappa shape index (κ1) is 10.1. The van der Waals surface area contributed by atoms with Crippen LogP contribution in [0.4, 0.5) is 5.69 Å². The van der Waals surface area contributed by atoms with E-state index in [9.17, 15) is 14.9 Å². The number of benzene rings is 1. The molecule has 1 aliphatic rings. The van der Waals surface area contributed by atoms with E-state index in [1.54, 1.807) is 0 Å². The number of hydrogen-bond donors (Lipinski definition) is 0. The summed E-state index contributed by atoms with van der Waals surface area (Å²) in [6, 6.07) is 5.56. The number of nitrogens with zero attached hydrogens (tertiary/aromatic N) is 2. The monoisotopic (exact) mass is 222 g/mol. The fourth-order valence-electron chi connectivity index (χ4n) is 1.15. The lowest BCUT2D eigenvalue weighted by Gasteiger charge is -2.01. The maximum absolute atomic E-state index is 10.4. The van der Waals surface area contributed by atoms with E-state index < -0.39 is 11.2 Å². The zero-order valence-corrected chi connectivity index (χ0v) is 7.90. The number of carbonyl (C=O) groups is 1. The molecule has 16 heavy (non-hydrogen) atoms. The number of oxime groups is 1. The molecule has 0 fully saturated rings. The van der Waals surface area contributed by atoms with Crippen molar-refractivity contribution in [1.29, 1.82) is 0 Å². The predicted octanol–water partition coefficient (Wildman–Crippen LogP) is 0.828. The van der Waals surface area contributed by atoms with Crippen LogP contribution in [0, 0.1) is 10.1 Å². The largest absolute Gasteiger partial charge is 0.426 e. The number of ether oxygens (including phenoxy) is 1. The average Bonchev–Trinajstić information content (AvgIpc) is 2.77. The van der Waals surface area contributed by atoms with Crippen molar-refractivity contribution >= 4 is 17.9 Å². The van der Waals surface area contributed by atoms with Gasteiger partial charge in [0.1, 0.15) is 0 Å². The summed E-state index contributed by atoms with van der Waals surface area (Å²) in [6.45, 7) is 0. The summed E-state index contributed by atoms with van der Waals surface area (Å²) in [5, 5.41) is 13.9. The molecular weight excluding hydrogens is 216 g/mol. The molecule has 0 aliphatic carbocycles. The van der Waals surface area contributed by atoms with Crippen molar-refractivity contribution in [3.8, 4) is 0 Å². The van der Waals surface area contributed by atoms with Crippen molar-refractivity contribution < 1.29 is 19.3 Å². The molecule has 0 saturated carbocycles. The smallest absolute Gasteiger partial charge is 0.323 e. The quantitative estimate of drug-likeness (QED) is 0.429. The molecule has 0 saturated heterocycles. The summed E-state index contributed by atoms with van der Waals surface area (Å²) in [7, 11) is 0. The number of non-ortho nitro benzene ring substituents is 1. The SMILES string of the molecule is O=CC1ON=C(c2ccc([N+](=O)[O-])cc2)O1. The van der Waals surface area contributed by atoms with Crippen molar-refractivity contribution in [2.45, 2.75) is 6.29 Å². The Morgan fingerprint density at radius 2 is 2.06 bits per heavy atom. The lowest BCUT2D eigenvalue weighted by molar-refractivity contribution is -0.384. The highest BCUT2D eigenvalue weighted by Crippen LogP contribution is 2.16. The Morgan fingerprint density at radius 1 is 1.38 bits per heavy atom. The van der Waals surface area contributed by atoms with Gasteiger partial charge in [-0.05, 0) is 17.3 Å². The van der Waals surface area contributed by atoms with E-state index in [-0.39, 0.29) is 11.6 Å². The van der Waals surface area contributed by atoms with Gasteiger partial charge < -0.3 is 9.57 Å². The Hall–Kier alpha value is -2.44. The zero-order valence-electron chi connectivity index (χ0n) is 7.90. The Balaban J connectivity index is 2.17. The maximum atomic E-state index is 10.4. The van der Waals surface area contributed by atoms with Crippen LogP contribution in [-0.2, 0) is 14.4 Å². The van der Waals surface area contributed by atoms with Gasteiger partial charge in [-0.3, -0.25) is 14.9 Å². The van der Waals surface area contributed by atoms with Gasteiger partial charge in [-0.2, -0.15) is 0 Å². The molecule has 1 aromatic rings. The molecule has 1 aliphatic heterocycles. The molecule has 0 amide bonds. The highest BCUT2D eigenvalue weighted by Gasteiger charge is 2.22. The van der Waals surface area contributed by atoms with Crippen molar-refractivity contribution in [3.63, 3.8) is 0 Å². The van der Waals surface area contributed by atoms with Gasteiger partial charge in [-0.1, -0.05) is 0 Å². The first-order valence-corrected chi connectivity index (χ1v) is 4.31. The molecule has 0 bridgehead atoms. The van der Waals surface area contributed by atoms with E-state index in [1.165, 1.54) is 24.3 Å². The number of rotatable bonds is 3. The first-order valence-electron chi connectivity index (χ1n) is 4.31. The number of aldehydes is 1. The molecular formula is C9H6N2O5. The van der Waals surface area contributed by atoms with E-state index in [0.29, 0.717) is 11.8 Å². The van der Waals surface area contributed by atoms with Gasteiger partial charge in [0, 0.05) is 17.7 Å². The number of hydrogen-bond acceptors (Lipinski definition) is 6. The van der Waals surface area contributed by atoms with Crippen molar-refractivity contribution in [2.75, 3.05) is 0 Å². The molecule has 1 unspecified atom stereocenters. The summed E-state index contributed by atoms with van der Waals surface area (Å²) in [5.41, 5.74) is 0.477. The number of carbonyl (C=O) groups excluding carboxylic acids is 1. The van der Waals surface area contributed by atoms with Gasteiger partial charge in [0.2, 0.25) is 6.29 Å². The minimum atomic E-state index is -1.04. The van der Waals surface area contributed by atoms with Gasteiger partial charge in [0.25, 0.3) is 11.6 Å². The van der Waals surface area contributed by atoms with Crippen molar-refractivity contribution in [1.82, 2.24) is 0 Å². The van der Waals surface area contributed by atoms with Crippen molar-refractivity contribution in [2.24, 2.45) is 5.16 Å². The van der Waals surface area contributed by atoms with Crippen LogP contribution < -0.4 is 0 Å². The Morgan fingerprint density at radius 3 is 2.56 bits per heavy atom. The van der Waals surface area contributed by atoms with Gasteiger partial charge in [-0.25, -0.2) is 0 Å². The normalized spacial score (nSPS) is 18.2. The second kappa shape index (κ2) is 3.97. The third-order valence-corrected chi connectivity index (χ3v) is 1.90. The van der Waals surface area contributed by atoms with Crippen LogP contribution in [0.25, 0.3) is 0 Å². The van der Waals surface area contributed by atoms with Crippen molar-refractivity contribution in [3.05, 3.63) is 39.9 Å². The van der Waals surface area contributed by atoms with Crippen LogP contribution in [0.2, 0.25) is 0 Å². The molecule has 2 rings (SSSR count). The van der Waals surface area contributed by atoms with E-state index in [4.69, 9.17) is 4.74 Å². The van der Waals surface area contributed by atoms with Crippen LogP contribution >= 0.6 is 0 Å². The van der Waals surface area contributed by atoms with Gasteiger partial charge in [0.05, 0.1) is 4.92 Å². The molecule has 1 heterocycles. The molecule has 0 radical (unpaired) electrons. The average molecular weight is 222 g/mol. The topological polar surface area (TPSA) is 91.0 Å². The lowest BCUT2D eigenvalue weighted by Crippen LogP contribution is -2.13. The molecule has 1 aromatic carbocycles. The van der Waals surface area contributed by atoms with E-state index in [2.05, 4.69) is 9.99 Å². The van der Waals surface area contributed by atoms with Gasteiger partial charge in [0.15, 0.2) is 0 Å². The zero-order chi connectivity index (χ0) is 11.5. The van der Waals surface area contributed by atoms with E-state index in [1.807, 2.05) is 0 Å². The maximum Gasteiger partial charge on any atom is 0.323 e. The second-order valence-corrected chi connectivity index (χ2v) is 2.93. The second-order valence-electron chi connectivity index (χ2n) is 2.93. The molecule has 0 N–H and O–H groups in total. The fraction of sp³-hybridized carbons (Fsp3) is 0.111. The predicted molar refractivity (Wildman–Crippen MR) is 51.7 cm³/mol. The van der Waals surface area contributed by atoms with Crippen LogP contribution in [0.3, 0.4) is 0 Å². The Kier molecular flexibility index (Phi) is 2.50. The third kappa shape index (κ3) is 1.83. The third-order valence-electron chi connectivity index (χ3n) is 1.90. The van der Waals surface area contributed by atoms with Crippen LogP contribution in [0.15, 0.2) is 29.4 Å². The summed E-state index contributed by atoms with van der Waals surface area (Å²) < 4.78 is 4.99. The molecule has 82 valence electrons. The molecule has 0 spiro atoms. The summed E-state index contributed by atoms with van der Waals surface area (Å²) >= 11 is 0. The molecule has 0 aromatic heterocycles. The summed E-state index contributed by atoms with van der Waals surface area (Å²) in [6.07, 6.45) is -0.577. The number of nitro groups is 1. The summed E-state index contributed by atoms with van der Waals surface area (Å²) in [4.78, 5) is 24.8. The molecule has 7 heteroatoms.